The zero-order chi connectivity index (χ0) is 17.9. The number of benzene rings is 1. The number of carbonyl (C=O) groups is 1. The molecule has 0 bridgehead atoms. The minimum Gasteiger partial charge on any atom is -0.480 e. The van der Waals surface area contributed by atoms with Crippen molar-refractivity contribution in [2.75, 3.05) is 13.7 Å². The van der Waals surface area contributed by atoms with E-state index in [9.17, 15) is 4.79 Å². The first-order chi connectivity index (χ1) is 12.7. The Morgan fingerprint density at radius 1 is 1.23 bits per heavy atom. The van der Waals surface area contributed by atoms with E-state index in [0.29, 0.717) is 5.88 Å². The molecule has 1 aliphatic rings. The average Bonchev–Trinajstić information content (AvgIpc) is 3.40. The first-order valence-corrected chi connectivity index (χ1v) is 8.39. The van der Waals surface area contributed by atoms with E-state index in [1.54, 1.807) is 23.9 Å². The molecule has 1 aliphatic heterocycles. The molecule has 1 saturated heterocycles. The minimum atomic E-state index is 0.204. The highest BCUT2D eigenvalue weighted by Gasteiger charge is 2.12. The third-order valence-electron chi connectivity index (χ3n) is 4.13. The predicted molar refractivity (Wildman–Crippen MR) is 97.0 cm³/mol. The summed E-state index contributed by atoms with van der Waals surface area (Å²) in [5, 5.41) is 8.11. The minimum absolute atomic E-state index is 0.204. The van der Waals surface area contributed by atoms with Gasteiger partial charge in [0, 0.05) is 24.4 Å². The molecule has 5 rings (SSSR count). The molecule has 0 unspecified atom stereocenters. The number of aromatic nitrogens is 3. The number of fused-ring (bicyclic) bond motifs is 2. The van der Waals surface area contributed by atoms with Crippen molar-refractivity contribution in [3.8, 4) is 17.3 Å². The molecular weight excluding hydrogens is 332 g/mol. The number of ether oxygens (including phenoxy) is 1. The van der Waals surface area contributed by atoms with E-state index in [-0.39, 0.29) is 5.91 Å². The second kappa shape index (κ2) is 6.87. The largest absolute Gasteiger partial charge is 0.480 e. The van der Waals surface area contributed by atoms with Crippen LogP contribution < -0.4 is 10.1 Å². The van der Waals surface area contributed by atoms with Crippen LogP contribution >= 0.6 is 0 Å². The highest BCUT2D eigenvalue weighted by atomic mass is 16.5. The first kappa shape index (κ1) is 16.1. The smallest absolute Gasteiger partial charge is 0.231 e. The summed E-state index contributed by atoms with van der Waals surface area (Å²) in [5.41, 5.74) is 2.40. The van der Waals surface area contributed by atoms with Gasteiger partial charge in [-0.2, -0.15) is 0 Å². The van der Waals surface area contributed by atoms with Crippen LogP contribution in [0, 0.1) is 0 Å². The quantitative estimate of drug-likeness (QED) is 0.601. The number of rotatable bonds is 2. The summed E-state index contributed by atoms with van der Waals surface area (Å²) < 4.78 is 12.7. The molecule has 4 heterocycles. The lowest BCUT2D eigenvalue weighted by molar-refractivity contribution is -0.119. The monoisotopic (exact) mass is 350 g/mol. The highest BCUT2D eigenvalue weighted by Crippen LogP contribution is 2.28. The number of amides is 1. The third kappa shape index (κ3) is 3.11. The summed E-state index contributed by atoms with van der Waals surface area (Å²) in [7, 11) is 1.59. The number of furan rings is 1. The van der Waals surface area contributed by atoms with Crippen molar-refractivity contribution < 1.29 is 13.9 Å². The molecule has 7 heteroatoms. The molecule has 1 N–H and O–H groups in total. The van der Waals surface area contributed by atoms with Gasteiger partial charge in [0.15, 0.2) is 11.4 Å². The molecule has 1 fully saturated rings. The van der Waals surface area contributed by atoms with Gasteiger partial charge >= 0.3 is 0 Å². The number of methoxy groups -OCH3 is 1. The molecule has 0 radical (unpaired) electrons. The van der Waals surface area contributed by atoms with E-state index in [0.717, 1.165) is 47.5 Å². The SMILES string of the molecule is COc1ccc2ncc(-c3cc4ccccc4o3)n2n1.O=C1CCCN1. The van der Waals surface area contributed by atoms with E-state index in [1.165, 1.54) is 0 Å². The van der Waals surface area contributed by atoms with Gasteiger partial charge in [0.05, 0.1) is 13.3 Å². The van der Waals surface area contributed by atoms with Crippen molar-refractivity contribution in [1.82, 2.24) is 19.9 Å². The Kier molecular flexibility index (Phi) is 4.27. The summed E-state index contributed by atoms with van der Waals surface area (Å²) >= 11 is 0. The summed E-state index contributed by atoms with van der Waals surface area (Å²) in [6.07, 6.45) is 3.51. The van der Waals surface area contributed by atoms with Gasteiger partial charge in [-0.25, -0.2) is 9.50 Å². The number of imidazole rings is 1. The molecule has 132 valence electrons. The lowest BCUT2D eigenvalue weighted by Crippen LogP contribution is -2.12. The Hall–Kier alpha value is -3.35. The molecule has 4 aromatic rings. The maximum Gasteiger partial charge on any atom is 0.231 e. The standard InChI is InChI=1S/C15H11N3O2.C4H7NO/c1-19-15-7-6-14-16-9-11(18(14)17-15)13-8-10-4-2-3-5-12(10)20-13;6-4-2-1-3-5-4/h2-9H,1H3;1-3H2,(H,5,6). The van der Waals surface area contributed by atoms with Gasteiger partial charge in [0.2, 0.25) is 11.8 Å². The number of nitrogens with zero attached hydrogens (tertiary/aromatic N) is 3. The first-order valence-electron chi connectivity index (χ1n) is 8.39. The van der Waals surface area contributed by atoms with Crippen LogP contribution in [0.25, 0.3) is 28.1 Å². The Morgan fingerprint density at radius 3 is 2.81 bits per heavy atom. The second-order valence-electron chi connectivity index (χ2n) is 5.89. The van der Waals surface area contributed by atoms with Crippen molar-refractivity contribution in [2.24, 2.45) is 0 Å². The van der Waals surface area contributed by atoms with E-state index in [2.05, 4.69) is 15.4 Å². The fraction of sp³-hybridized carbons (Fsp3) is 0.211. The van der Waals surface area contributed by atoms with E-state index in [1.807, 2.05) is 36.4 Å². The zero-order valence-electron chi connectivity index (χ0n) is 14.3. The van der Waals surface area contributed by atoms with Gasteiger partial charge in [0.1, 0.15) is 11.3 Å². The van der Waals surface area contributed by atoms with Gasteiger partial charge < -0.3 is 14.5 Å². The number of carbonyl (C=O) groups excluding carboxylic acids is 1. The van der Waals surface area contributed by atoms with Gasteiger partial charge in [-0.1, -0.05) is 18.2 Å². The van der Waals surface area contributed by atoms with Crippen molar-refractivity contribution >= 4 is 22.5 Å². The van der Waals surface area contributed by atoms with Crippen LogP contribution in [0.1, 0.15) is 12.8 Å². The van der Waals surface area contributed by atoms with Crippen molar-refractivity contribution in [1.29, 1.82) is 0 Å². The number of nitrogens with one attached hydrogen (secondary N) is 1. The van der Waals surface area contributed by atoms with Gasteiger partial charge in [-0.05, 0) is 24.6 Å². The molecule has 1 amide bonds. The maximum atomic E-state index is 10.1. The maximum absolute atomic E-state index is 10.1. The van der Waals surface area contributed by atoms with Crippen LogP contribution in [-0.2, 0) is 4.79 Å². The Bertz CT molecular complexity index is 1030. The van der Waals surface area contributed by atoms with E-state index < -0.39 is 0 Å². The molecule has 0 atom stereocenters. The van der Waals surface area contributed by atoms with E-state index in [4.69, 9.17) is 9.15 Å². The van der Waals surface area contributed by atoms with Crippen LogP contribution in [0.5, 0.6) is 5.88 Å². The molecule has 26 heavy (non-hydrogen) atoms. The number of hydrogen-bond donors (Lipinski definition) is 1. The Labute approximate surface area is 149 Å². The van der Waals surface area contributed by atoms with Crippen molar-refractivity contribution in [2.45, 2.75) is 12.8 Å². The van der Waals surface area contributed by atoms with E-state index >= 15 is 0 Å². The third-order valence-corrected chi connectivity index (χ3v) is 4.13. The Balaban J connectivity index is 0.000000240. The summed E-state index contributed by atoms with van der Waals surface area (Å²) in [6.45, 7) is 0.888. The van der Waals surface area contributed by atoms with Crippen molar-refractivity contribution in [3.05, 3.63) is 48.7 Å². The van der Waals surface area contributed by atoms with Crippen LogP contribution in [0.15, 0.2) is 53.1 Å². The molecule has 0 saturated carbocycles. The summed E-state index contributed by atoms with van der Waals surface area (Å²) in [6, 6.07) is 13.5. The highest BCUT2D eigenvalue weighted by molar-refractivity contribution is 5.82. The zero-order valence-corrected chi connectivity index (χ0v) is 14.3. The molecular formula is C19H18N4O3. The second-order valence-corrected chi connectivity index (χ2v) is 5.89. The summed E-state index contributed by atoms with van der Waals surface area (Å²) in [4.78, 5) is 14.5. The van der Waals surface area contributed by atoms with Gasteiger partial charge in [-0.3, -0.25) is 4.79 Å². The fourth-order valence-electron chi connectivity index (χ4n) is 2.81. The topological polar surface area (TPSA) is 81.7 Å². The van der Waals surface area contributed by atoms with Gasteiger partial charge in [0.25, 0.3) is 0 Å². The molecule has 0 aliphatic carbocycles. The number of para-hydroxylation sites is 1. The predicted octanol–water partition coefficient (Wildman–Crippen LogP) is 3.05. The van der Waals surface area contributed by atoms with Crippen LogP contribution in [0.2, 0.25) is 0 Å². The molecule has 7 nitrogen and oxygen atoms in total. The number of hydrogen-bond acceptors (Lipinski definition) is 5. The molecule has 3 aromatic heterocycles. The lowest BCUT2D eigenvalue weighted by Gasteiger charge is -2.00. The lowest BCUT2D eigenvalue weighted by atomic mass is 10.2. The van der Waals surface area contributed by atoms with Crippen LogP contribution in [0.3, 0.4) is 0 Å². The van der Waals surface area contributed by atoms with Crippen LogP contribution in [0.4, 0.5) is 0 Å². The molecule has 1 aromatic carbocycles. The fourth-order valence-corrected chi connectivity index (χ4v) is 2.81. The Morgan fingerprint density at radius 2 is 2.12 bits per heavy atom. The molecule has 0 spiro atoms. The van der Waals surface area contributed by atoms with Gasteiger partial charge in [-0.15, -0.1) is 5.10 Å². The summed E-state index contributed by atoms with van der Waals surface area (Å²) in [5.74, 6) is 1.47. The average molecular weight is 350 g/mol. The normalized spacial score (nSPS) is 13.5. The van der Waals surface area contributed by atoms with Crippen molar-refractivity contribution in [3.63, 3.8) is 0 Å². The van der Waals surface area contributed by atoms with Crippen LogP contribution in [-0.4, -0.2) is 34.2 Å².